The molecule has 1 fully saturated rings. The average Bonchev–Trinajstić information content (AvgIpc) is 2.90. The molecule has 0 amide bonds. The van der Waals surface area contributed by atoms with Crippen molar-refractivity contribution in [3.05, 3.63) is 17.0 Å². The van der Waals surface area contributed by atoms with Gasteiger partial charge in [0.2, 0.25) is 0 Å². The lowest BCUT2D eigenvalue weighted by Crippen LogP contribution is -2.20. The number of hydrogen-bond acceptors (Lipinski definition) is 6. The number of aromatic nitrogens is 3. The van der Waals surface area contributed by atoms with Crippen molar-refractivity contribution in [3.63, 3.8) is 0 Å². The van der Waals surface area contributed by atoms with Crippen LogP contribution in [-0.4, -0.2) is 43.6 Å². The predicted octanol–water partition coefficient (Wildman–Crippen LogP) is 1.05. The van der Waals surface area contributed by atoms with Crippen LogP contribution in [-0.2, 0) is 4.74 Å². The number of aliphatic hydroxyl groups is 2. The van der Waals surface area contributed by atoms with Gasteiger partial charge < -0.3 is 20.7 Å². The molecule has 0 aromatic carbocycles. The van der Waals surface area contributed by atoms with Crippen LogP contribution in [0.1, 0.15) is 20.1 Å². The minimum absolute atomic E-state index is 0. The van der Waals surface area contributed by atoms with E-state index in [9.17, 15) is 5.11 Å². The summed E-state index contributed by atoms with van der Waals surface area (Å²) in [4.78, 5) is 8.11. The summed E-state index contributed by atoms with van der Waals surface area (Å²) >= 11 is 3.41. The second-order valence-corrected chi connectivity index (χ2v) is 5.28. The summed E-state index contributed by atoms with van der Waals surface area (Å²) < 4.78 is 8.04. The lowest BCUT2D eigenvalue weighted by atomic mass is 10.2. The zero-order valence-corrected chi connectivity index (χ0v) is 11.5. The van der Waals surface area contributed by atoms with E-state index >= 15 is 0 Å². The lowest BCUT2D eigenvalue weighted by molar-refractivity contribution is -0.0494. The number of halogens is 1. The standard InChI is InChI=1S/C11H13BrN4O3.CH4/c12-8-2-6-9(13)14-4-15-10(6)16(8)11-7(18)1-5(3-17)19-11;/h2,4-5,7,11,17-18H,1,3H2,(H2,13,14,15);1H4/t5-,7+,11+;/m0./s1. The molecule has 2 aromatic rings. The normalized spacial score (nSPS) is 25.9. The Morgan fingerprint density at radius 3 is 2.90 bits per heavy atom. The fourth-order valence-corrected chi connectivity index (χ4v) is 2.94. The molecule has 3 rings (SSSR count). The Morgan fingerprint density at radius 2 is 2.25 bits per heavy atom. The fourth-order valence-electron chi connectivity index (χ4n) is 2.34. The number of nitrogen functional groups attached to an aromatic ring is 1. The average molecular weight is 345 g/mol. The van der Waals surface area contributed by atoms with Crippen molar-refractivity contribution >= 4 is 32.8 Å². The molecule has 110 valence electrons. The highest BCUT2D eigenvalue weighted by Gasteiger charge is 2.36. The van der Waals surface area contributed by atoms with Gasteiger partial charge in [-0.05, 0) is 22.0 Å². The first-order valence-corrected chi connectivity index (χ1v) is 6.62. The monoisotopic (exact) mass is 344 g/mol. The molecule has 0 unspecified atom stereocenters. The summed E-state index contributed by atoms with van der Waals surface area (Å²) in [6.07, 6.45) is 0.0707. The van der Waals surface area contributed by atoms with E-state index in [-0.39, 0.29) is 20.1 Å². The van der Waals surface area contributed by atoms with Crippen molar-refractivity contribution in [2.45, 2.75) is 32.3 Å². The summed E-state index contributed by atoms with van der Waals surface area (Å²) in [7, 11) is 0. The summed E-state index contributed by atoms with van der Waals surface area (Å²) in [5, 5.41) is 19.9. The number of aliphatic hydroxyl groups excluding tert-OH is 2. The van der Waals surface area contributed by atoms with Gasteiger partial charge in [-0.2, -0.15) is 0 Å². The van der Waals surface area contributed by atoms with E-state index in [1.165, 1.54) is 6.33 Å². The molecule has 7 nitrogen and oxygen atoms in total. The molecule has 3 heterocycles. The van der Waals surface area contributed by atoms with Gasteiger partial charge in [0.1, 0.15) is 23.9 Å². The van der Waals surface area contributed by atoms with Gasteiger partial charge in [-0.25, -0.2) is 9.97 Å². The molecule has 1 saturated heterocycles. The molecule has 0 aliphatic carbocycles. The van der Waals surface area contributed by atoms with Crippen molar-refractivity contribution in [1.82, 2.24) is 14.5 Å². The van der Waals surface area contributed by atoms with Crippen molar-refractivity contribution in [1.29, 1.82) is 0 Å². The van der Waals surface area contributed by atoms with Crippen LogP contribution in [0.4, 0.5) is 5.82 Å². The van der Waals surface area contributed by atoms with Crippen LogP contribution in [0.2, 0.25) is 0 Å². The first kappa shape index (κ1) is 15.2. The van der Waals surface area contributed by atoms with Gasteiger partial charge in [0.15, 0.2) is 6.23 Å². The van der Waals surface area contributed by atoms with Crippen molar-refractivity contribution in [2.24, 2.45) is 0 Å². The molecule has 0 bridgehead atoms. The SMILES string of the molecule is C.Nc1ncnc2c1cc(Br)n2[C@@H]1O[C@H](CO)C[C@H]1O. The van der Waals surface area contributed by atoms with Crippen LogP contribution in [0.25, 0.3) is 11.0 Å². The number of anilines is 1. The van der Waals surface area contributed by atoms with Gasteiger partial charge in [0.25, 0.3) is 0 Å². The lowest BCUT2D eigenvalue weighted by Gasteiger charge is -2.18. The Kier molecular flexibility index (Phi) is 4.28. The largest absolute Gasteiger partial charge is 0.394 e. The molecule has 1 aliphatic rings. The second-order valence-electron chi connectivity index (χ2n) is 4.47. The Labute approximate surface area is 124 Å². The Bertz CT molecular complexity index is 618. The van der Waals surface area contributed by atoms with Crippen LogP contribution in [0, 0.1) is 0 Å². The van der Waals surface area contributed by atoms with Crippen molar-refractivity contribution < 1.29 is 14.9 Å². The molecule has 3 atom stereocenters. The van der Waals surface area contributed by atoms with Gasteiger partial charge in [0, 0.05) is 6.42 Å². The number of ether oxygens (including phenoxy) is 1. The smallest absolute Gasteiger partial charge is 0.162 e. The third-order valence-corrected chi connectivity index (χ3v) is 3.85. The van der Waals surface area contributed by atoms with Crippen LogP contribution in [0.3, 0.4) is 0 Å². The molecule has 0 spiro atoms. The maximum Gasteiger partial charge on any atom is 0.162 e. The Hall–Kier alpha value is -1.22. The van der Waals surface area contributed by atoms with Gasteiger partial charge in [-0.3, -0.25) is 4.57 Å². The Morgan fingerprint density at radius 1 is 1.50 bits per heavy atom. The number of rotatable bonds is 2. The van der Waals surface area contributed by atoms with E-state index in [4.69, 9.17) is 15.6 Å². The topological polar surface area (TPSA) is 106 Å². The molecule has 8 heteroatoms. The van der Waals surface area contributed by atoms with Crippen molar-refractivity contribution in [2.75, 3.05) is 12.3 Å². The van der Waals surface area contributed by atoms with Gasteiger partial charge in [-0.1, -0.05) is 7.43 Å². The van der Waals surface area contributed by atoms with Gasteiger partial charge in [0.05, 0.1) is 22.7 Å². The number of nitrogens with two attached hydrogens (primary N) is 1. The molecular weight excluding hydrogens is 328 g/mol. The minimum atomic E-state index is -0.708. The summed E-state index contributed by atoms with van der Waals surface area (Å²) in [5.41, 5.74) is 6.38. The first-order valence-electron chi connectivity index (χ1n) is 5.83. The van der Waals surface area contributed by atoms with Crippen molar-refractivity contribution in [3.8, 4) is 0 Å². The highest BCUT2D eigenvalue weighted by molar-refractivity contribution is 9.10. The fraction of sp³-hybridized carbons (Fsp3) is 0.500. The Balaban J connectivity index is 0.00000147. The maximum absolute atomic E-state index is 10.1. The predicted molar refractivity (Wildman–Crippen MR) is 78.0 cm³/mol. The molecular formula is C12H17BrN4O3. The van der Waals surface area contributed by atoms with Crippen LogP contribution >= 0.6 is 15.9 Å². The molecule has 2 aromatic heterocycles. The zero-order valence-electron chi connectivity index (χ0n) is 9.90. The summed E-state index contributed by atoms with van der Waals surface area (Å²) in [6.45, 7) is -0.124. The number of hydrogen-bond donors (Lipinski definition) is 3. The van der Waals surface area contributed by atoms with Gasteiger partial charge >= 0.3 is 0 Å². The number of fused-ring (bicyclic) bond motifs is 1. The van der Waals surface area contributed by atoms with Crippen LogP contribution < -0.4 is 5.73 Å². The highest BCUT2D eigenvalue weighted by Crippen LogP contribution is 2.36. The molecule has 0 radical (unpaired) electrons. The molecule has 4 N–H and O–H groups in total. The van der Waals surface area contributed by atoms with E-state index in [2.05, 4.69) is 25.9 Å². The van der Waals surface area contributed by atoms with E-state index < -0.39 is 12.3 Å². The van der Waals surface area contributed by atoms with Crippen LogP contribution in [0.5, 0.6) is 0 Å². The van der Waals surface area contributed by atoms with Crippen LogP contribution in [0.15, 0.2) is 17.0 Å². The zero-order chi connectivity index (χ0) is 13.6. The number of nitrogens with zero attached hydrogens (tertiary/aromatic N) is 3. The quantitative estimate of drug-likeness (QED) is 0.751. The van der Waals surface area contributed by atoms with Gasteiger partial charge in [-0.15, -0.1) is 0 Å². The first-order chi connectivity index (χ1) is 9.11. The summed E-state index contributed by atoms with van der Waals surface area (Å²) in [6, 6.07) is 1.78. The van der Waals surface area contributed by atoms with E-state index in [1.807, 2.05) is 0 Å². The second kappa shape index (κ2) is 5.65. The molecule has 20 heavy (non-hydrogen) atoms. The molecule has 0 saturated carbocycles. The summed E-state index contributed by atoms with van der Waals surface area (Å²) in [5.74, 6) is 0.371. The van der Waals surface area contributed by atoms with E-state index in [0.29, 0.717) is 27.9 Å². The van der Waals surface area contributed by atoms with E-state index in [0.717, 1.165) is 0 Å². The van der Waals surface area contributed by atoms with E-state index in [1.54, 1.807) is 10.6 Å². The highest BCUT2D eigenvalue weighted by atomic mass is 79.9. The third kappa shape index (κ3) is 2.28. The maximum atomic E-state index is 10.1. The third-order valence-electron chi connectivity index (χ3n) is 3.24. The minimum Gasteiger partial charge on any atom is -0.394 e. The molecule has 1 aliphatic heterocycles.